The Morgan fingerprint density at radius 3 is 3.05 bits per heavy atom. The van der Waals surface area contributed by atoms with E-state index in [1.165, 1.54) is 40.8 Å². The van der Waals surface area contributed by atoms with Gasteiger partial charge in [0.25, 0.3) is 0 Å². The molecule has 1 atom stereocenters. The average molecular weight is 279 g/mol. The van der Waals surface area contributed by atoms with Gasteiger partial charge in [0.15, 0.2) is 0 Å². The summed E-state index contributed by atoms with van der Waals surface area (Å²) in [6, 6.07) is 14.0. The number of nitrogens with one attached hydrogen (secondary N) is 1. The quantitative estimate of drug-likeness (QED) is 0.898. The van der Waals surface area contributed by atoms with E-state index in [0.29, 0.717) is 6.04 Å². The summed E-state index contributed by atoms with van der Waals surface area (Å²) in [7, 11) is 0. The molecule has 0 aromatic heterocycles. The van der Waals surface area contributed by atoms with Crippen molar-refractivity contribution < 1.29 is 4.74 Å². The Morgan fingerprint density at radius 1 is 1.14 bits per heavy atom. The molecular formula is C19H21NO. The van der Waals surface area contributed by atoms with Gasteiger partial charge in [-0.2, -0.15) is 0 Å². The van der Waals surface area contributed by atoms with Crippen LogP contribution in [0.1, 0.15) is 35.6 Å². The summed E-state index contributed by atoms with van der Waals surface area (Å²) in [4.78, 5) is 0. The molecule has 2 heteroatoms. The predicted molar refractivity (Wildman–Crippen MR) is 86.3 cm³/mol. The summed E-state index contributed by atoms with van der Waals surface area (Å²) in [5, 5.41) is 3.57. The van der Waals surface area contributed by atoms with E-state index in [1.807, 2.05) is 0 Å². The highest BCUT2D eigenvalue weighted by Crippen LogP contribution is 2.32. The predicted octanol–water partition coefficient (Wildman–Crippen LogP) is 3.96. The summed E-state index contributed by atoms with van der Waals surface area (Å²) in [6.45, 7) is 3.08. The molecule has 2 aliphatic rings. The smallest absolute Gasteiger partial charge is 0.126 e. The normalized spacial score (nSPS) is 19.4. The van der Waals surface area contributed by atoms with Crippen molar-refractivity contribution >= 4 is 5.69 Å². The summed E-state index contributed by atoms with van der Waals surface area (Å²) in [5.74, 6) is 1.13. The van der Waals surface area contributed by atoms with E-state index < -0.39 is 0 Å². The van der Waals surface area contributed by atoms with Crippen molar-refractivity contribution in [3.8, 4) is 5.75 Å². The summed E-state index contributed by atoms with van der Waals surface area (Å²) >= 11 is 0. The van der Waals surface area contributed by atoms with Gasteiger partial charge < -0.3 is 10.1 Å². The topological polar surface area (TPSA) is 21.3 Å². The van der Waals surface area contributed by atoms with Crippen molar-refractivity contribution in [2.24, 2.45) is 0 Å². The summed E-state index contributed by atoms with van der Waals surface area (Å²) in [6.07, 6.45) is 4.42. The number of rotatable bonds is 2. The first-order chi connectivity index (χ1) is 10.3. The molecule has 2 aromatic rings. The lowest BCUT2D eigenvalue weighted by Gasteiger charge is -2.24. The Hall–Kier alpha value is -1.96. The summed E-state index contributed by atoms with van der Waals surface area (Å²) < 4.78 is 5.82. The molecule has 0 radical (unpaired) electrons. The molecule has 1 unspecified atom stereocenters. The number of hydrogen-bond acceptors (Lipinski definition) is 2. The molecule has 2 heterocycles. The highest BCUT2D eigenvalue weighted by molar-refractivity contribution is 5.56. The van der Waals surface area contributed by atoms with E-state index in [0.717, 1.165) is 25.2 Å². The molecule has 108 valence electrons. The van der Waals surface area contributed by atoms with Crippen LogP contribution in [-0.4, -0.2) is 12.6 Å². The molecule has 2 aromatic carbocycles. The molecule has 2 aliphatic heterocycles. The molecule has 1 N–H and O–H groups in total. The minimum Gasteiger partial charge on any atom is -0.493 e. The van der Waals surface area contributed by atoms with E-state index in [4.69, 9.17) is 4.74 Å². The SMILES string of the molecule is CC1CCc2cc(Cc3cccc4c3OCC4)ccc2N1. The van der Waals surface area contributed by atoms with Gasteiger partial charge in [0.05, 0.1) is 6.61 Å². The minimum atomic E-state index is 0.592. The number of anilines is 1. The van der Waals surface area contributed by atoms with E-state index in [1.54, 1.807) is 0 Å². The lowest BCUT2D eigenvalue weighted by atomic mass is 9.94. The fourth-order valence-corrected chi connectivity index (χ4v) is 3.46. The standard InChI is InChI=1S/C19H21NO/c1-13-5-7-16-11-14(6-8-18(16)20-13)12-17-4-2-3-15-9-10-21-19(15)17/h2-4,6,8,11,13,20H,5,7,9-10,12H2,1H3. The number of ether oxygens (including phenoxy) is 1. The maximum atomic E-state index is 5.82. The lowest BCUT2D eigenvalue weighted by molar-refractivity contribution is 0.354. The van der Waals surface area contributed by atoms with Gasteiger partial charge in [-0.1, -0.05) is 30.3 Å². The van der Waals surface area contributed by atoms with Crippen LogP contribution in [0.5, 0.6) is 5.75 Å². The first-order valence-electron chi connectivity index (χ1n) is 7.91. The van der Waals surface area contributed by atoms with E-state index in [9.17, 15) is 0 Å². The van der Waals surface area contributed by atoms with E-state index in [-0.39, 0.29) is 0 Å². The minimum absolute atomic E-state index is 0.592. The number of para-hydroxylation sites is 1. The molecule has 0 amide bonds. The number of fused-ring (bicyclic) bond motifs is 2. The van der Waals surface area contributed by atoms with Crippen LogP contribution in [0.25, 0.3) is 0 Å². The van der Waals surface area contributed by atoms with Crippen LogP contribution in [0, 0.1) is 0 Å². The van der Waals surface area contributed by atoms with Crippen molar-refractivity contribution in [3.05, 3.63) is 58.7 Å². The van der Waals surface area contributed by atoms with Crippen LogP contribution < -0.4 is 10.1 Å². The van der Waals surface area contributed by atoms with Crippen molar-refractivity contribution in [1.29, 1.82) is 0 Å². The number of hydrogen-bond donors (Lipinski definition) is 1. The Labute approximate surface area is 126 Å². The van der Waals surface area contributed by atoms with Crippen LogP contribution in [0.15, 0.2) is 36.4 Å². The largest absolute Gasteiger partial charge is 0.493 e. The van der Waals surface area contributed by atoms with Gasteiger partial charge in [0.2, 0.25) is 0 Å². The average Bonchev–Trinajstić information content (AvgIpc) is 2.97. The Bertz CT molecular complexity index is 677. The zero-order valence-corrected chi connectivity index (χ0v) is 12.5. The molecule has 0 saturated carbocycles. The first kappa shape index (κ1) is 12.8. The molecule has 4 rings (SSSR count). The van der Waals surface area contributed by atoms with Crippen LogP contribution >= 0.6 is 0 Å². The lowest BCUT2D eigenvalue weighted by Crippen LogP contribution is -2.21. The monoisotopic (exact) mass is 279 g/mol. The third-order valence-corrected chi connectivity index (χ3v) is 4.61. The van der Waals surface area contributed by atoms with Gasteiger partial charge in [-0.25, -0.2) is 0 Å². The highest BCUT2D eigenvalue weighted by Gasteiger charge is 2.17. The van der Waals surface area contributed by atoms with Gasteiger partial charge in [0.1, 0.15) is 5.75 Å². The molecule has 0 spiro atoms. The molecule has 0 fully saturated rings. The zero-order chi connectivity index (χ0) is 14.2. The number of aryl methyl sites for hydroxylation is 1. The molecule has 0 saturated heterocycles. The van der Waals surface area contributed by atoms with Gasteiger partial charge >= 0.3 is 0 Å². The van der Waals surface area contributed by atoms with Crippen LogP contribution in [0.3, 0.4) is 0 Å². The van der Waals surface area contributed by atoms with Crippen LogP contribution in [-0.2, 0) is 19.3 Å². The third-order valence-electron chi connectivity index (χ3n) is 4.61. The molecule has 21 heavy (non-hydrogen) atoms. The Kier molecular flexibility index (Phi) is 3.10. The second-order valence-corrected chi connectivity index (χ2v) is 6.26. The Morgan fingerprint density at radius 2 is 2.10 bits per heavy atom. The summed E-state index contributed by atoms with van der Waals surface area (Å²) in [5.41, 5.74) is 6.84. The molecule has 2 nitrogen and oxygen atoms in total. The van der Waals surface area contributed by atoms with Gasteiger partial charge in [-0.3, -0.25) is 0 Å². The molecular weight excluding hydrogens is 258 g/mol. The van der Waals surface area contributed by atoms with Crippen LogP contribution in [0.2, 0.25) is 0 Å². The molecule has 0 bridgehead atoms. The van der Waals surface area contributed by atoms with E-state index in [2.05, 4.69) is 48.6 Å². The van der Waals surface area contributed by atoms with Gasteiger partial charge in [0, 0.05) is 24.6 Å². The van der Waals surface area contributed by atoms with E-state index >= 15 is 0 Å². The van der Waals surface area contributed by atoms with Crippen molar-refractivity contribution in [1.82, 2.24) is 0 Å². The van der Waals surface area contributed by atoms with Crippen LogP contribution in [0.4, 0.5) is 5.69 Å². The fourth-order valence-electron chi connectivity index (χ4n) is 3.46. The second kappa shape index (κ2) is 5.10. The maximum Gasteiger partial charge on any atom is 0.126 e. The third kappa shape index (κ3) is 2.39. The molecule has 0 aliphatic carbocycles. The maximum absolute atomic E-state index is 5.82. The fraction of sp³-hybridized carbons (Fsp3) is 0.368. The van der Waals surface area contributed by atoms with Crippen molar-refractivity contribution in [2.75, 3.05) is 11.9 Å². The van der Waals surface area contributed by atoms with Gasteiger partial charge in [-0.15, -0.1) is 0 Å². The highest BCUT2D eigenvalue weighted by atomic mass is 16.5. The second-order valence-electron chi connectivity index (χ2n) is 6.26. The van der Waals surface area contributed by atoms with Gasteiger partial charge in [-0.05, 0) is 48.1 Å². The number of benzene rings is 2. The van der Waals surface area contributed by atoms with Crippen molar-refractivity contribution in [3.63, 3.8) is 0 Å². The van der Waals surface area contributed by atoms with Crippen molar-refractivity contribution in [2.45, 2.75) is 38.6 Å². The Balaban J connectivity index is 1.62. The first-order valence-corrected chi connectivity index (χ1v) is 7.91. The zero-order valence-electron chi connectivity index (χ0n) is 12.5.